The van der Waals surface area contributed by atoms with E-state index in [9.17, 15) is 5.11 Å². The van der Waals surface area contributed by atoms with E-state index in [1.54, 1.807) is 24.4 Å². The van der Waals surface area contributed by atoms with Gasteiger partial charge in [0.15, 0.2) is 17.1 Å². The molecular formula is C22H18N2O3. The number of hydrogen-bond acceptors (Lipinski definition) is 5. The highest BCUT2D eigenvalue weighted by molar-refractivity contribution is 5.88. The van der Waals surface area contributed by atoms with Crippen LogP contribution in [0.4, 0.5) is 5.69 Å². The molecule has 0 aliphatic rings. The predicted molar refractivity (Wildman–Crippen MR) is 106 cm³/mol. The van der Waals surface area contributed by atoms with Crippen molar-refractivity contribution in [2.45, 2.75) is 6.92 Å². The maximum absolute atomic E-state index is 10.1. The molecule has 0 aliphatic carbocycles. The summed E-state index contributed by atoms with van der Waals surface area (Å²) in [5.41, 5.74) is 4.80. The molecule has 3 aromatic carbocycles. The molecule has 0 radical (unpaired) electrons. The molecule has 134 valence electrons. The third-order valence-corrected chi connectivity index (χ3v) is 4.35. The zero-order valence-corrected chi connectivity index (χ0v) is 15.0. The number of nitrogens with zero attached hydrogens (tertiary/aromatic N) is 2. The predicted octanol–water partition coefficient (Wildman–Crippen LogP) is 5.27. The number of oxazole rings is 1. The number of ether oxygens (including phenoxy) is 1. The van der Waals surface area contributed by atoms with Gasteiger partial charge in [0.2, 0.25) is 5.89 Å². The second-order valence-electron chi connectivity index (χ2n) is 6.14. The van der Waals surface area contributed by atoms with E-state index in [1.807, 2.05) is 49.4 Å². The Morgan fingerprint density at radius 1 is 1.07 bits per heavy atom. The average molecular weight is 358 g/mol. The normalized spacial score (nSPS) is 11.3. The molecule has 4 aromatic rings. The minimum atomic E-state index is 0.0614. The molecule has 0 saturated heterocycles. The highest BCUT2D eigenvalue weighted by Gasteiger charge is 2.10. The van der Waals surface area contributed by atoms with Crippen molar-refractivity contribution in [3.63, 3.8) is 0 Å². The molecule has 5 heteroatoms. The van der Waals surface area contributed by atoms with E-state index in [0.29, 0.717) is 28.5 Å². The van der Waals surface area contributed by atoms with E-state index < -0.39 is 0 Å². The van der Waals surface area contributed by atoms with Gasteiger partial charge in [-0.05, 0) is 42.8 Å². The van der Waals surface area contributed by atoms with Crippen LogP contribution in [-0.4, -0.2) is 23.4 Å². The van der Waals surface area contributed by atoms with Crippen molar-refractivity contribution in [2.24, 2.45) is 4.99 Å². The van der Waals surface area contributed by atoms with Crippen LogP contribution < -0.4 is 4.74 Å². The minimum absolute atomic E-state index is 0.0614. The number of hydrogen-bond donors (Lipinski definition) is 1. The number of aryl methyl sites for hydroxylation is 1. The molecule has 0 atom stereocenters. The molecule has 0 spiro atoms. The Labute approximate surface area is 156 Å². The van der Waals surface area contributed by atoms with Crippen LogP contribution in [0.2, 0.25) is 0 Å². The van der Waals surface area contributed by atoms with Crippen LogP contribution in [0.3, 0.4) is 0 Å². The largest absolute Gasteiger partial charge is 0.504 e. The van der Waals surface area contributed by atoms with Gasteiger partial charge in [0.1, 0.15) is 5.52 Å². The van der Waals surface area contributed by atoms with Crippen molar-refractivity contribution in [2.75, 3.05) is 7.11 Å². The van der Waals surface area contributed by atoms with Gasteiger partial charge < -0.3 is 14.3 Å². The Balaban J connectivity index is 1.67. The number of phenols is 1. The first-order valence-corrected chi connectivity index (χ1v) is 8.52. The van der Waals surface area contributed by atoms with Crippen LogP contribution in [0.1, 0.15) is 11.1 Å². The lowest BCUT2D eigenvalue weighted by atomic mass is 10.1. The molecule has 1 aromatic heterocycles. The van der Waals surface area contributed by atoms with Crippen LogP contribution in [-0.2, 0) is 0 Å². The van der Waals surface area contributed by atoms with E-state index in [1.165, 1.54) is 7.11 Å². The lowest BCUT2D eigenvalue weighted by molar-refractivity contribution is 0.373. The summed E-state index contributed by atoms with van der Waals surface area (Å²) in [6.07, 6.45) is 1.59. The van der Waals surface area contributed by atoms with Crippen molar-refractivity contribution in [3.8, 4) is 23.0 Å². The maximum atomic E-state index is 10.1. The summed E-state index contributed by atoms with van der Waals surface area (Å²) in [6.45, 7) is 2.03. The molecule has 1 heterocycles. The summed E-state index contributed by atoms with van der Waals surface area (Å²) in [7, 11) is 1.51. The summed E-state index contributed by atoms with van der Waals surface area (Å²) in [5.74, 6) is 1.06. The number of rotatable bonds is 4. The molecule has 0 unspecified atom stereocenters. The highest BCUT2D eigenvalue weighted by Crippen LogP contribution is 2.30. The second-order valence-corrected chi connectivity index (χ2v) is 6.14. The first-order valence-electron chi connectivity index (χ1n) is 8.52. The van der Waals surface area contributed by atoms with Gasteiger partial charge in [-0.25, -0.2) is 4.98 Å². The van der Waals surface area contributed by atoms with Crippen molar-refractivity contribution < 1.29 is 14.3 Å². The number of aliphatic imine (C=N–C) groups is 1. The fourth-order valence-corrected chi connectivity index (χ4v) is 2.87. The van der Waals surface area contributed by atoms with Gasteiger partial charge in [-0.1, -0.05) is 24.3 Å². The molecule has 0 saturated carbocycles. The fourth-order valence-electron chi connectivity index (χ4n) is 2.87. The van der Waals surface area contributed by atoms with Gasteiger partial charge in [0, 0.05) is 23.4 Å². The minimum Gasteiger partial charge on any atom is -0.504 e. The summed E-state index contributed by atoms with van der Waals surface area (Å²) in [6, 6.07) is 18.8. The van der Waals surface area contributed by atoms with Gasteiger partial charge in [-0.15, -0.1) is 0 Å². The third-order valence-electron chi connectivity index (χ3n) is 4.35. The van der Waals surface area contributed by atoms with Crippen LogP contribution >= 0.6 is 0 Å². The summed E-state index contributed by atoms with van der Waals surface area (Å²) in [5, 5.41) is 10.1. The van der Waals surface area contributed by atoms with Gasteiger partial charge in [0.25, 0.3) is 0 Å². The average Bonchev–Trinajstić information content (AvgIpc) is 3.10. The Morgan fingerprint density at radius 3 is 2.74 bits per heavy atom. The number of para-hydroxylation sites is 1. The highest BCUT2D eigenvalue weighted by atomic mass is 16.5. The van der Waals surface area contributed by atoms with Crippen LogP contribution in [0.25, 0.3) is 22.6 Å². The van der Waals surface area contributed by atoms with Gasteiger partial charge in [-0.2, -0.15) is 0 Å². The number of phenolic OH excluding ortho intramolecular Hbond substituents is 1. The number of aromatic hydroxyl groups is 1. The summed E-state index contributed by atoms with van der Waals surface area (Å²) >= 11 is 0. The van der Waals surface area contributed by atoms with Gasteiger partial charge >= 0.3 is 0 Å². The molecule has 1 N–H and O–H groups in total. The van der Waals surface area contributed by atoms with Crippen LogP contribution in [0.15, 0.2) is 70.1 Å². The van der Waals surface area contributed by atoms with Crippen molar-refractivity contribution in [3.05, 3.63) is 71.8 Å². The lowest BCUT2D eigenvalue weighted by Crippen LogP contribution is -1.88. The Morgan fingerprint density at radius 2 is 1.93 bits per heavy atom. The van der Waals surface area contributed by atoms with Gasteiger partial charge in [-0.3, -0.25) is 4.99 Å². The quantitative estimate of drug-likeness (QED) is 0.505. The first kappa shape index (κ1) is 16.8. The molecule has 5 nitrogen and oxygen atoms in total. The molecule has 0 aliphatic heterocycles. The second kappa shape index (κ2) is 6.96. The van der Waals surface area contributed by atoms with Crippen LogP contribution in [0.5, 0.6) is 11.5 Å². The van der Waals surface area contributed by atoms with E-state index in [2.05, 4.69) is 9.98 Å². The third kappa shape index (κ3) is 3.27. The zero-order chi connectivity index (χ0) is 18.8. The first-order chi connectivity index (χ1) is 13.2. The monoisotopic (exact) mass is 358 g/mol. The molecule has 27 heavy (non-hydrogen) atoms. The topological polar surface area (TPSA) is 67.9 Å². The van der Waals surface area contributed by atoms with Crippen molar-refractivity contribution in [1.29, 1.82) is 0 Å². The number of fused-ring (bicyclic) bond motifs is 1. The number of benzene rings is 3. The number of aromatic nitrogens is 1. The lowest BCUT2D eigenvalue weighted by Gasteiger charge is -2.04. The zero-order valence-electron chi connectivity index (χ0n) is 15.0. The SMILES string of the molecule is COc1cccc(C=Nc2ccc3nc(-c4ccccc4C)oc3c2)c1O. The Bertz CT molecular complexity index is 1150. The smallest absolute Gasteiger partial charge is 0.227 e. The summed E-state index contributed by atoms with van der Waals surface area (Å²) < 4.78 is 11.0. The standard InChI is InChI=1S/C22H18N2O3/c1-14-6-3-4-8-17(14)22-24-18-11-10-16(12-20(18)27-22)23-13-15-7-5-9-19(26-2)21(15)25/h3-13,25H,1-2H3. The van der Waals surface area contributed by atoms with E-state index in [0.717, 1.165) is 16.6 Å². The fraction of sp³-hybridized carbons (Fsp3) is 0.0909. The van der Waals surface area contributed by atoms with Crippen molar-refractivity contribution in [1.82, 2.24) is 4.98 Å². The van der Waals surface area contributed by atoms with E-state index in [-0.39, 0.29) is 5.75 Å². The Hall–Kier alpha value is -3.60. The molecule has 4 rings (SSSR count). The Kier molecular flexibility index (Phi) is 4.34. The molecule has 0 bridgehead atoms. The van der Waals surface area contributed by atoms with E-state index in [4.69, 9.17) is 9.15 Å². The molecular weight excluding hydrogens is 340 g/mol. The van der Waals surface area contributed by atoms with Crippen LogP contribution in [0, 0.1) is 6.92 Å². The molecule has 0 amide bonds. The maximum Gasteiger partial charge on any atom is 0.227 e. The molecule has 0 fully saturated rings. The van der Waals surface area contributed by atoms with E-state index >= 15 is 0 Å². The number of methoxy groups -OCH3 is 1. The van der Waals surface area contributed by atoms with Gasteiger partial charge in [0.05, 0.1) is 12.8 Å². The van der Waals surface area contributed by atoms with Crippen molar-refractivity contribution >= 4 is 23.0 Å². The summed E-state index contributed by atoms with van der Waals surface area (Å²) in [4.78, 5) is 9.00.